The molecule has 8 heteroatoms. The van der Waals surface area contributed by atoms with Crippen LogP contribution in [0.2, 0.25) is 5.02 Å². The second-order valence-electron chi connectivity index (χ2n) is 5.60. The quantitative estimate of drug-likeness (QED) is 0.653. The molecule has 0 radical (unpaired) electrons. The van der Waals surface area contributed by atoms with Crippen LogP contribution in [0.15, 0.2) is 24.3 Å². The van der Waals surface area contributed by atoms with E-state index in [1.54, 1.807) is 23.9 Å². The van der Waals surface area contributed by atoms with Gasteiger partial charge in [0.2, 0.25) is 5.91 Å². The number of carboxylic acids is 1. The number of H-pyrrole nitrogens is 1. The summed E-state index contributed by atoms with van der Waals surface area (Å²) in [5, 5.41) is 19.6. The molecule has 2 rings (SSSR count). The van der Waals surface area contributed by atoms with Gasteiger partial charge in [0, 0.05) is 21.8 Å². The molecule has 2 aromatic rings. The third kappa shape index (κ3) is 5.24. The number of hydrogen-bond donors (Lipinski definition) is 3. The normalized spacial score (nSPS) is 12.0. The summed E-state index contributed by atoms with van der Waals surface area (Å²) >= 11 is 7.45. The van der Waals surface area contributed by atoms with Crippen molar-refractivity contribution in [3.8, 4) is 11.3 Å². The molecule has 1 aromatic heterocycles. The summed E-state index contributed by atoms with van der Waals surface area (Å²) in [5.41, 5.74) is 3.03. The van der Waals surface area contributed by atoms with E-state index in [2.05, 4.69) is 15.5 Å². The number of carbonyl (C=O) groups excluding carboxylic acids is 1. The van der Waals surface area contributed by atoms with Crippen molar-refractivity contribution in [1.82, 2.24) is 15.5 Å². The molecule has 0 fully saturated rings. The monoisotopic (exact) mass is 381 g/mol. The summed E-state index contributed by atoms with van der Waals surface area (Å²) in [7, 11) is 0. The molecule has 134 valence electrons. The molecular formula is C17H20ClN3O3S. The Balaban J connectivity index is 2.14. The summed E-state index contributed by atoms with van der Waals surface area (Å²) < 4.78 is 0. The number of benzene rings is 1. The number of carbonyl (C=O) groups is 2. The summed E-state index contributed by atoms with van der Waals surface area (Å²) in [6, 6.07) is 6.29. The van der Waals surface area contributed by atoms with Crippen molar-refractivity contribution in [3.05, 3.63) is 40.5 Å². The first-order valence-electron chi connectivity index (χ1n) is 7.73. The molecule has 6 nitrogen and oxygen atoms in total. The molecule has 0 unspecified atom stereocenters. The van der Waals surface area contributed by atoms with Crippen LogP contribution in [-0.4, -0.2) is 45.2 Å². The van der Waals surface area contributed by atoms with Crippen LogP contribution < -0.4 is 5.32 Å². The number of halogens is 1. The van der Waals surface area contributed by atoms with Gasteiger partial charge in [-0.2, -0.15) is 16.9 Å². The first-order valence-corrected chi connectivity index (χ1v) is 9.50. The van der Waals surface area contributed by atoms with Gasteiger partial charge in [-0.15, -0.1) is 0 Å². The molecule has 0 aliphatic heterocycles. The van der Waals surface area contributed by atoms with E-state index >= 15 is 0 Å². The van der Waals surface area contributed by atoms with Gasteiger partial charge >= 0.3 is 5.97 Å². The van der Waals surface area contributed by atoms with E-state index in [9.17, 15) is 14.7 Å². The molecule has 25 heavy (non-hydrogen) atoms. The summed E-state index contributed by atoms with van der Waals surface area (Å²) in [6.45, 7) is 1.83. The number of carboxylic acid groups (broad SMARTS) is 1. The lowest BCUT2D eigenvalue weighted by Crippen LogP contribution is -2.42. The lowest BCUT2D eigenvalue weighted by atomic mass is 10.0. The second-order valence-corrected chi connectivity index (χ2v) is 7.02. The summed E-state index contributed by atoms with van der Waals surface area (Å²) in [5.74, 6) is -0.699. The van der Waals surface area contributed by atoms with Crippen LogP contribution in [0, 0.1) is 6.92 Å². The van der Waals surface area contributed by atoms with E-state index in [1.165, 1.54) is 0 Å². The molecule has 0 spiro atoms. The Kier molecular flexibility index (Phi) is 6.90. The number of amides is 1. The Morgan fingerprint density at radius 1 is 1.36 bits per heavy atom. The SMILES string of the molecule is CSCC[C@@H](NC(=O)Cc1c(-c2ccc(Cl)cc2)n[nH]c1C)C(=O)O. The van der Waals surface area contributed by atoms with E-state index in [1.807, 2.05) is 25.3 Å². The number of aromatic nitrogens is 2. The molecule has 0 aliphatic carbocycles. The van der Waals surface area contributed by atoms with E-state index in [4.69, 9.17) is 11.6 Å². The summed E-state index contributed by atoms with van der Waals surface area (Å²) in [4.78, 5) is 23.6. The second kappa shape index (κ2) is 8.92. The van der Waals surface area contributed by atoms with Gasteiger partial charge in [-0.25, -0.2) is 4.79 Å². The fraction of sp³-hybridized carbons (Fsp3) is 0.353. The zero-order valence-electron chi connectivity index (χ0n) is 14.0. The minimum Gasteiger partial charge on any atom is -0.480 e. The lowest BCUT2D eigenvalue weighted by Gasteiger charge is -2.14. The van der Waals surface area contributed by atoms with Crippen molar-refractivity contribution in [1.29, 1.82) is 0 Å². The fourth-order valence-corrected chi connectivity index (χ4v) is 3.01. The molecule has 0 bridgehead atoms. The smallest absolute Gasteiger partial charge is 0.326 e. The Morgan fingerprint density at radius 3 is 2.64 bits per heavy atom. The van der Waals surface area contributed by atoms with Gasteiger partial charge in [0.05, 0.1) is 12.1 Å². The van der Waals surface area contributed by atoms with Gasteiger partial charge in [-0.05, 0) is 37.5 Å². The highest BCUT2D eigenvalue weighted by Crippen LogP contribution is 2.25. The zero-order valence-corrected chi connectivity index (χ0v) is 15.6. The van der Waals surface area contributed by atoms with E-state index in [0.29, 0.717) is 22.9 Å². The minimum absolute atomic E-state index is 0.0589. The van der Waals surface area contributed by atoms with Crippen LogP contribution in [-0.2, 0) is 16.0 Å². The lowest BCUT2D eigenvalue weighted by molar-refractivity contribution is -0.141. The van der Waals surface area contributed by atoms with Crippen LogP contribution in [0.3, 0.4) is 0 Å². The maximum Gasteiger partial charge on any atom is 0.326 e. The molecule has 1 heterocycles. The zero-order chi connectivity index (χ0) is 18.4. The Morgan fingerprint density at radius 2 is 2.04 bits per heavy atom. The summed E-state index contributed by atoms with van der Waals surface area (Å²) in [6.07, 6.45) is 2.34. The maximum atomic E-state index is 12.3. The number of aryl methyl sites for hydroxylation is 1. The maximum absolute atomic E-state index is 12.3. The number of rotatable bonds is 8. The minimum atomic E-state index is -1.02. The van der Waals surface area contributed by atoms with Gasteiger partial charge in [0.1, 0.15) is 6.04 Å². The standard InChI is InChI=1S/C17H20ClN3O3S/c1-10-13(9-15(22)19-14(17(23)24)7-8-25-2)16(21-20-10)11-3-5-12(18)6-4-11/h3-6,14H,7-9H2,1-2H3,(H,19,22)(H,20,21)(H,23,24)/t14-/m1/s1. The third-order valence-corrected chi connectivity index (χ3v) is 4.67. The fourth-order valence-electron chi connectivity index (χ4n) is 2.41. The van der Waals surface area contributed by atoms with E-state index in [-0.39, 0.29) is 12.3 Å². The van der Waals surface area contributed by atoms with Crippen LogP contribution in [0.5, 0.6) is 0 Å². The average Bonchev–Trinajstić information content (AvgIpc) is 2.93. The van der Waals surface area contributed by atoms with Crippen LogP contribution >= 0.6 is 23.4 Å². The van der Waals surface area contributed by atoms with Crippen molar-refractivity contribution < 1.29 is 14.7 Å². The predicted octanol–water partition coefficient (Wildman–Crippen LogP) is 2.90. The Bertz CT molecular complexity index is 746. The number of hydrogen-bond acceptors (Lipinski definition) is 4. The number of nitrogens with zero attached hydrogens (tertiary/aromatic N) is 1. The molecular weight excluding hydrogens is 362 g/mol. The van der Waals surface area contributed by atoms with Crippen molar-refractivity contribution in [2.24, 2.45) is 0 Å². The van der Waals surface area contributed by atoms with Gasteiger partial charge in [0.25, 0.3) is 0 Å². The molecule has 1 amide bonds. The topological polar surface area (TPSA) is 95.1 Å². The molecule has 3 N–H and O–H groups in total. The van der Waals surface area contributed by atoms with E-state index < -0.39 is 12.0 Å². The van der Waals surface area contributed by atoms with Gasteiger partial charge in [-0.3, -0.25) is 9.89 Å². The molecule has 0 saturated carbocycles. The first kappa shape index (κ1) is 19.3. The molecule has 1 atom stereocenters. The molecule has 0 saturated heterocycles. The van der Waals surface area contributed by atoms with Crippen molar-refractivity contribution in [2.75, 3.05) is 12.0 Å². The van der Waals surface area contributed by atoms with Crippen LogP contribution in [0.4, 0.5) is 0 Å². The Hall–Kier alpha value is -1.99. The number of aliphatic carboxylic acids is 1. The average molecular weight is 382 g/mol. The van der Waals surface area contributed by atoms with Crippen molar-refractivity contribution >= 4 is 35.2 Å². The number of thioether (sulfide) groups is 1. The van der Waals surface area contributed by atoms with Gasteiger partial charge < -0.3 is 10.4 Å². The molecule has 0 aliphatic rings. The van der Waals surface area contributed by atoms with Gasteiger partial charge in [0.15, 0.2) is 0 Å². The first-order chi connectivity index (χ1) is 11.9. The predicted molar refractivity (Wildman–Crippen MR) is 100 cm³/mol. The number of nitrogens with one attached hydrogen (secondary N) is 2. The third-order valence-electron chi connectivity index (χ3n) is 3.77. The highest BCUT2D eigenvalue weighted by molar-refractivity contribution is 7.98. The van der Waals surface area contributed by atoms with E-state index in [0.717, 1.165) is 16.8 Å². The van der Waals surface area contributed by atoms with Crippen molar-refractivity contribution in [2.45, 2.75) is 25.8 Å². The van der Waals surface area contributed by atoms with Crippen LogP contribution in [0.1, 0.15) is 17.7 Å². The van der Waals surface area contributed by atoms with Gasteiger partial charge in [-0.1, -0.05) is 23.7 Å². The highest BCUT2D eigenvalue weighted by atomic mass is 35.5. The van der Waals surface area contributed by atoms with Crippen LogP contribution in [0.25, 0.3) is 11.3 Å². The largest absolute Gasteiger partial charge is 0.480 e. The van der Waals surface area contributed by atoms with Crippen molar-refractivity contribution in [3.63, 3.8) is 0 Å². The number of aromatic amines is 1. The molecule has 1 aromatic carbocycles. The Labute approximate surface area is 155 Å². The highest BCUT2D eigenvalue weighted by Gasteiger charge is 2.22.